The van der Waals surface area contributed by atoms with E-state index in [0.717, 1.165) is 24.8 Å². The van der Waals surface area contributed by atoms with Crippen LogP contribution in [-0.4, -0.2) is 12.4 Å². The fourth-order valence-electron chi connectivity index (χ4n) is 2.27. The molecule has 3 nitrogen and oxygen atoms in total. The summed E-state index contributed by atoms with van der Waals surface area (Å²) in [5.41, 5.74) is 1.06. The molecule has 0 aliphatic carbocycles. The second kappa shape index (κ2) is 4.88. The molecule has 0 bridgehead atoms. The molecular formula is C15H13FO3. The Hall–Kier alpha value is -2.10. The Bertz CT molecular complexity index is 602. The predicted octanol–water partition coefficient (Wildman–Crippen LogP) is 3.36. The summed E-state index contributed by atoms with van der Waals surface area (Å²) in [6, 6.07) is 6.13. The van der Waals surface area contributed by atoms with Gasteiger partial charge in [0.25, 0.3) is 0 Å². The third-order valence-electron chi connectivity index (χ3n) is 3.21. The maximum absolute atomic E-state index is 14.0. The number of aryl methyl sites for hydroxylation is 1. The summed E-state index contributed by atoms with van der Waals surface area (Å²) in [7, 11) is 0. The summed E-state index contributed by atoms with van der Waals surface area (Å²) >= 11 is 0. The van der Waals surface area contributed by atoms with E-state index in [0.29, 0.717) is 12.2 Å². The summed E-state index contributed by atoms with van der Waals surface area (Å²) in [4.78, 5) is 12.1. The average molecular weight is 260 g/mol. The minimum Gasteiger partial charge on any atom is -0.490 e. The molecule has 0 atom stereocenters. The summed E-state index contributed by atoms with van der Waals surface area (Å²) in [6.07, 6.45) is 3.99. The molecule has 1 aromatic carbocycles. The van der Waals surface area contributed by atoms with E-state index in [1.807, 2.05) is 0 Å². The molecule has 4 heteroatoms. The van der Waals surface area contributed by atoms with Crippen LogP contribution >= 0.6 is 0 Å². The van der Waals surface area contributed by atoms with E-state index in [2.05, 4.69) is 0 Å². The Morgan fingerprint density at radius 1 is 1.26 bits per heavy atom. The first-order valence-corrected chi connectivity index (χ1v) is 6.29. The van der Waals surface area contributed by atoms with Gasteiger partial charge in [-0.05, 0) is 49.1 Å². The van der Waals surface area contributed by atoms with Crippen LogP contribution in [0.1, 0.15) is 34.5 Å². The van der Waals surface area contributed by atoms with E-state index in [4.69, 9.17) is 9.15 Å². The van der Waals surface area contributed by atoms with Crippen LogP contribution in [-0.2, 0) is 6.42 Å². The molecule has 3 rings (SSSR count). The van der Waals surface area contributed by atoms with Crippen molar-refractivity contribution in [2.75, 3.05) is 6.61 Å². The number of ketones is 1. The van der Waals surface area contributed by atoms with Crippen LogP contribution in [0.15, 0.2) is 34.9 Å². The minimum absolute atomic E-state index is 0.217. The number of fused-ring (bicyclic) bond motifs is 1. The molecule has 2 aromatic rings. The molecule has 19 heavy (non-hydrogen) atoms. The lowest BCUT2D eigenvalue weighted by molar-refractivity contribution is 0.101. The van der Waals surface area contributed by atoms with Crippen molar-refractivity contribution in [1.29, 1.82) is 0 Å². The van der Waals surface area contributed by atoms with Crippen molar-refractivity contribution in [1.82, 2.24) is 0 Å². The van der Waals surface area contributed by atoms with Gasteiger partial charge in [-0.3, -0.25) is 4.79 Å². The van der Waals surface area contributed by atoms with Gasteiger partial charge in [0, 0.05) is 5.56 Å². The summed E-state index contributed by atoms with van der Waals surface area (Å²) in [5, 5.41) is 0. The van der Waals surface area contributed by atoms with E-state index in [-0.39, 0.29) is 17.3 Å². The fraction of sp³-hybridized carbons (Fsp3) is 0.267. The predicted molar refractivity (Wildman–Crippen MR) is 67.0 cm³/mol. The molecule has 0 spiro atoms. The van der Waals surface area contributed by atoms with Crippen molar-refractivity contribution in [2.45, 2.75) is 19.3 Å². The normalized spacial score (nSPS) is 14.4. The topological polar surface area (TPSA) is 39.4 Å². The largest absolute Gasteiger partial charge is 0.490 e. The van der Waals surface area contributed by atoms with Crippen molar-refractivity contribution in [2.24, 2.45) is 0 Å². The summed E-state index contributed by atoms with van der Waals surface area (Å²) in [6.45, 7) is 0.523. The Kier molecular flexibility index (Phi) is 3.07. The standard InChI is InChI=1S/C15H13FO3/c16-12-9-11(14(17)13-5-3-7-18-13)8-10-4-1-2-6-19-15(10)12/h3,5,7-9H,1-2,4,6H2. The molecule has 0 unspecified atom stereocenters. The van der Waals surface area contributed by atoms with Crippen molar-refractivity contribution >= 4 is 5.78 Å². The monoisotopic (exact) mass is 260 g/mol. The lowest BCUT2D eigenvalue weighted by atomic mass is 10.0. The SMILES string of the molecule is O=C(c1cc(F)c2c(c1)CCCCO2)c1ccco1. The number of rotatable bonds is 2. The number of carbonyl (C=O) groups excluding carboxylic acids is 1. The van der Waals surface area contributed by atoms with Gasteiger partial charge in [-0.1, -0.05) is 0 Å². The maximum atomic E-state index is 14.0. The zero-order valence-electron chi connectivity index (χ0n) is 10.3. The van der Waals surface area contributed by atoms with E-state index < -0.39 is 5.82 Å². The van der Waals surface area contributed by atoms with Crippen molar-refractivity contribution < 1.29 is 18.3 Å². The highest BCUT2D eigenvalue weighted by Gasteiger charge is 2.19. The Balaban J connectivity index is 2.02. The van der Waals surface area contributed by atoms with Gasteiger partial charge in [0.05, 0.1) is 12.9 Å². The molecule has 1 aromatic heterocycles. The highest BCUT2D eigenvalue weighted by atomic mass is 19.1. The molecule has 1 aliphatic rings. The molecule has 0 radical (unpaired) electrons. The van der Waals surface area contributed by atoms with Crippen LogP contribution in [0.4, 0.5) is 4.39 Å². The maximum Gasteiger partial charge on any atom is 0.228 e. The molecule has 0 amide bonds. The van der Waals surface area contributed by atoms with Crippen molar-refractivity contribution in [3.05, 3.63) is 53.2 Å². The third-order valence-corrected chi connectivity index (χ3v) is 3.21. The van der Waals surface area contributed by atoms with E-state index in [1.54, 1.807) is 18.2 Å². The van der Waals surface area contributed by atoms with Gasteiger partial charge in [-0.15, -0.1) is 0 Å². The summed E-state index contributed by atoms with van der Waals surface area (Å²) in [5.74, 6) is -0.285. The molecule has 0 N–H and O–H groups in total. The van der Waals surface area contributed by atoms with Gasteiger partial charge in [0.15, 0.2) is 17.3 Å². The zero-order chi connectivity index (χ0) is 13.2. The molecule has 1 aliphatic heterocycles. The van der Waals surface area contributed by atoms with Crippen LogP contribution in [0, 0.1) is 5.82 Å². The van der Waals surface area contributed by atoms with Gasteiger partial charge in [-0.25, -0.2) is 4.39 Å². The number of hydrogen-bond acceptors (Lipinski definition) is 3. The quantitative estimate of drug-likeness (QED) is 0.777. The lowest BCUT2D eigenvalue weighted by Crippen LogP contribution is -2.04. The number of hydrogen-bond donors (Lipinski definition) is 0. The average Bonchev–Trinajstić information content (AvgIpc) is 2.83. The second-order valence-electron chi connectivity index (χ2n) is 4.56. The number of carbonyl (C=O) groups is 1. The minimum atomic E-state index is -0.477. The molecule has 0 saturated heterocycles. The number of furan rings is 1. The molecule has 98 valence electrons. The van der Waals surface area contributed by atoms with Crippen molar-refractivity contribution in [3.8, 4) is 5.75 Å². The lowest BCUT2D eigenvalue weighted by Gasteiger charge is -2.09. The summed E-state index contributed by atoms with van der Waals surface area (Å²) < 4.78 is 24.5. The highest BCUT2D eigenvalue weighted by Crippen LogP contribution is 2.29. The first-order chi connectivity index (χ1) is 9.25. The van der Waals surface area contributed by atoms with Crippen LogP contribution in [0.5, 0.6) is 5.75 Å². The first-order valence-electron chi connectivity index (χ1n) is 6.29. The fourth-order valence-corrected chi connectivity index (χ4v) is 2.27. The van der Waals surface area contributed by atoms with E-state index >= 15 is 0 Å². The number of benzene rings is 1. The van der Waals surface area contributed by atoms with Gasteiger partial charge < -0.3 is 9.15 Å². The van der Waals surface area contributed by atoms with Crippen molar-refractivity contribution in [3.63, 3.8) is 0 Å². The van der Waals surface area contributed by atoms with Crippen LogP contribution in [0.25, 0.3) is 0 Å². The van der Waals surface area contributed by atoms with Crippen LogP contribution < -0.4 is 4.74 Å². The van der Waals surface area contributed by atoms with E-state index in [9.17, 15) is 9.18 Å². The Labute approximate surface area is 110 Å². The van der Waals surface area contributed by atoms with E-state index in [1.165, 1.54) is 12.3 Å². The molecule has 2 heterocycles. The third kappa shape index (κ3) is 2.26. The molecule has 0 saturated carbocycles. The van der Waals surface area contributed by atoms with Crippen LogP contribution in [0.3, 0.4) is 0 Å². The molecule has 0 fully saturated rings. The Morgan fingerprint density at radius 2 is 2.16 bits per heavy atom. The highest BCUT2D eigenvalue weighted by molar-refractivity contribution is 6.07. The van der Waals surface area contributed by atoms with Crippen LogP contribution in [0.2, 0.25) is 0 Å². The number of halogens is 1. The molecular weight excluding hydrogens is 247 g/mol. The number of ether oxygens (including phenoxy) is 1. The smallest absolute Gasteiger partial charge is 0.228 e. The first kappa shape index (κ1) is 12.0. The van der Waals surface area contributed by atoms with Gasteiger partial charge in [0.1, 0.15) is 0 Å². The van der Waals surface area contributed by atoms with Gasteiger partial charge in [-0.2, -0.15) is 0 Å². The van der Waals surface area contributed by atoms with Gasteiger partial charge in [0.2, 0.25) is 5.78 Å². The van der Waals surface area contributed by atoms with Gasteiger partial charge >= 0.3 is 0 Å². The Morgan fingerprint density at radius 3 is 2.95 bits per heavy atom. The second-order valence-corrected chi connectivity index (χ2v) is 4.56. The zero-order valence-corrected chi connectivity index (χ0v) is 10.3.